The predicted octanol–water partition coefficient (Wildman–Crippen LogP) is 2.85. The van der Waals surface area contributed by atoms with Crippen molar-refractivity contribution in [1.82, 2.24) is 25.1 Å². The van der Waals surface area contributed by atoms with E-state index in [1.807, 2.05) is 17.5 Å². The van der Waals surface area contributed by atoms with Crippen LogP contribution in [0.5, 0.6) is 0 Å². The molecule has 0 N–H and O–H groups in total. The topological polar surface area (TPSA) is 63.9 Å². The fourth-order valence-corrected chi connectivity index (χ4v) is 3.74. The van der Waals surface area contributed by atoms with Crippen LogP contribution in [-0.4, -0.2) is 43.6 Å². The van der Waals surface area contributed by atoms with Crippen molar-refractivity contribution < 1.29 is 9.18 Å². The van der Waals surface area contributed by atoms with E-state index >= 15 is 0 Å². The molecule has 0 saturated carbocycles. The van der Waals surface area contributed by atoms with Crippen molar-refractivity contribution in [3.05, 3.63) is 53.2 Å². The van der Waals surface area contributed by atoms with E-state index in [1.54, 1.807) is 28.4 Å². The number of hydrogen-bond donors (Lipinski definition) is 0. The molecular weight excluding hydrogens is 341 g/mol. The van der Waals surface area contributed by atoms with Gasteiger partial charge in [-0.3, -0.25) is 4.79 Å². The monoisotopic (exact) mass is 357 g/mol. The van der Waals surface area contributed by atoms with Crippen LogP contribution in [0.3, 0.4) is 0 Å². The highest BCUT2D eigenvalue weighted by Gasteiger charge is 2.30. The standard InChI is InChI=1S/C17H16FN5OS/c18-13-5-1-4-12(10-13)17(24)22-8-2-6-14(22)11-23-20-16(19-21-23)15-7-3-9-25-15/h1,3-5,7,9-10,14H,2,6,8,11H2/t14-/m1/s1. The van der Waals surface area contributed by atoms with E-state index in [4.69, 9.17) is 0 Å². The smallest absolute Gasteiger partial charge is 0.254 e. The third-order valence-corrected chi connectivity index (χ3v) is 5.14. The lowest BCUT2D eigenvalue weighted by Crippen LogP contribution is -2.38. The van der Waals surface area contributed by atoms with Crippen molar-refractivity contribution in [2.45, 2.75) is 25.4 Å². The number of nitrogens with zero attached hydrogens (tertiary/aromatic N) is 5. The minimum absolute atomic E-state index is 0.0128. The highest BCUT2D eigenvalue weighted by molar-refractivity contribution is 7.13. The quantitative estimate of drug-likeness (QED) is 0.720. The number of rotatable bonds is 4. The molecule has 8 heteroatoms. The molecule has 0 unspecified atom stereocenters. The molecule has 1 aliphatic rings. The first-order valence-electron chi connectivity index (χ1n) is 8.09. The summed E-state index contributed by atoms with van der Waals surface area (Å²) in [6, 6.07) is 9.69. The predicted molar refractivity (Wildman–Crippen MR) is 91.6 cm³/mol. The highest BCUT2D eigenvalue weighted by Crippen LogP contribution is 2.23. The molecule has 1 aromatic carbocycles. The lowest BCUT2D eigenvalue weighted by molar-refractivity contribution is 0.0717. The van der Waals surface area contributed by atoms with Gasteiger partial charge in [-0.2, -0.15) is 4.80 Å². The molecule has 1 fully saturated rings. The van der Waals surface area contributed by atoms with Crippen LogP contribution in [0.15, 0.2) is 41.8 Å². The molecule has 4 rings (SSSR count). The molecule has 1 saturated heterocycles. The van der Waals surface area contributed by atoms with Crippen molar-refractivity contribution >= 4 is 17.2 Å². The van der Waals surface area contributed by atoms with Crippen LogP contribution in [0.1, 0.15) is 23.2 Å². The molecule has 1 atom stereocenters. The Balaban J connectivity index is 1.49. The number of aromatic nitrogens is 4. The van der Waals surface area contributed by atoms with Crippen LogP contribution in [-0.2, 0) is 6.54 Å². The Morgan fingerprint density at radius 1 is 1.32 bits per heavy atom. The number of thiophene rings is 1. The molecule has 6 nitrogen and oxygen atoms in total. The van der Waals surface area contributed by atoms with E-state index in [2.05, 4.69) is 15.4 Å². The second-order valence-corrected chi connectivity index (χ2v) is 6.90. The van der Waals surface area contributed by atoms with Gasteiger partial charge < -0.3 is 4.90 Å². The number of carbonyl (C=O) groups excluding carboxylic acids is 1. The van der Waals surface area contributed by atoms with Gasteiger partial charge in [0.2, 0.25) is 5.82 Å². The maximum atomic E-state index is 13.4. The zero-order valence-electron chi connectivity index (χ0n) is 13.4. The normalized spacial score (nSPS) is 17.2. The Bertz CT molecular complexity index is 879. The number of carbonyl (C=O) groups is 1. The molecule has 0 radical (unpaired) electrons. The first-order chi connectivity index (χ1) is 12.2. The lowest BCUT2D eigenvalue weighted by Gasteiger charge is -2.24. The van der Waals surface area contributed by atoms with E-state index in [9.17, 15) is 9.18 Å². The van der Waals surface area contributed by atoms with Crippen molar-refractivity contribution in [2.24, 2.45) is 0 Å². The van der Waals surface area contributed by atoms with Gasteiger partial charge in [-0.25, -0.2) is 4.39 Å². The molecule has 3 aromatic rings. The first-order valence-corrected chi connectivity index (χ1v) is 8.97. The molecular formula is C17H16FN5OS. The van der Waals surface area contributed by atoms with Gasteiger partial charge >= 0.3 is 0 Å². The minimum Gasteiger partial charge on any atom is -0.334 e. The minimum atomic E-state index is -0.403. The molecule has 3 heterocycles. The Labute approximate surface area is 147 Å². The summed E-state index contributed by atoms with van der Waals surface area (Å²) in [5.74, 6) is 0.0386. The van der Waals surface area contributed by atoms with E-state index in [0.717, 1.165) is 17.7 Å². The largest absolute Gasteiger partial charge is 0.334 e. The van der Waals surface area contributed by atoms with Crippen molar-refractivity contribution in [2.75, 3.05) is 6.54 Å². The second kappa shape index (κ2) is 6.72. The Morgan fingerprint density at radius 3 is 3.04 bits per heavy atom. The fourth-order valence-electron chi connectivity index (χ4n) is 3.09. The maximum absolute atomic E-state index is 13.4. The summed E-state index contributed by atoms with van der Waals surface area (Å²) in [7, 11) is 0. The van der Waals surface area contributed by atoms with Crippen LogP contribution in [0.4, 0.5) is 4.39 Å². The highest BCUT2D eigenvalue weighted by atomic mass is 32.1. The molecule has 128 valence electrons. The summed E-state index contributed by atoms with van der Waals surface area (Å²) in [6.07, 6.45) is 1.79. The van der Waals surface area contributed by atoms with Gasteiger partial charge in [0.25, 0.3) is 5.91 Å². The third-order valence-electron chi connectivity index (χ3n) is 4.28. The summed E-state index contributed by atoms with van der Waals surface area (Å²) in [5, 5.41) is 14.5. The Kier molecular flexibility index (Phi) is 4.27. The number of benzene rings is 1. The Morgan fingerprint density at radius 2 is 2.24 bits per heavy atom. The van der Waals surface area contributed by atoms with Gasteiger partial charge in [-0.1, -0.05) is 12.1 Å². The van der Waals surface area contributed by atoms with Crippen molar-refractivity contribution in [1.29, 1.82) is 0 Å². The fraction of sp³-hybridized carbons (Fsp3) is 0.294. The lowest BCUT2D eigenvalue weighted by atomic mass is 10.1. The van der Waals surface area contributed by atoms with E-state index in [-0.39, 0.29) is 11.9 Å². The summed E-state index contributed by atoms with van der Waals surface area (Å²) < 4.78 is 13.4. The van der Waals surface area contributed by atoms with Gasteiger partial charge in [0.1, 0.15) is 5.82 Å². The average molecular weight is 357 g/mol. The maximum Gasteiger partial charge on any atom is 0.254 e. The van der Waals surface area contributed by atoms with E-state index in [1.165, 1.54) is 16.9 Å². The number of amides is 1. The molecule has 0 aliphatic carbocycles. The zero-order valence-corrected chi connectivity index (χ0v) is 14.2. The van der Waals surface area contributed by atoms with Gasteiger partial charge in [0.05, 0.1) is 17.5 Å². The molecule has 0 bridgehead atoms. The van der Waals surface area contributed by atoms with Crippen LogP contribution in [0.2, 0.25) is 0 Å². The third kappa shape index (κ3) is 3.30. The SMILES string of the molecule is O=C(c1cccc(F)c1)N1CCC[C@@H]1Cn1nnc(-c2cccs2)n1. The first kappa shape index (κ1) is 15.9. The number of hydrogen-bond acceptors (Lipinski definition) is 5. The van der Waals surface area contributed by atoms with E-state index < -0.39 is 5.82 Å². The van der Waals surface area contributed by atoms with Crippen LogP contribution < -0.4 is 0 Å². The molecule has 25 heavy (non-hydrogen) atoms. The molecule has 2 aromatic heterocycles. The summed E-state index contributed by atoms with van der Waals surface area (Å²) >= 11 is 1.56. The molecule has 0 spiro atoms. The van der Waals surface area contributed by atoms with Crippen molar-refractivity contribution in [3.63, 3.8) is 0 Å². The van der Waals surface area contributed by atoms with Gasteiger partial charge in [-0.05, 0) is 47.7 Å². The Hall–Kier alpha value is -2.61. The van der Waals surface area contributed by atoms with Gasteiger partial charge in [0.15, 0.2) is 0 Å². The van der Waals surface area contributed by atoms with E-state index in [0.29, 0.717) is 24.5 Å². The number of tetrazole rings is 1. The number of likely N-dealkylation sites (tertiary alicyclic amines) is 1. The zero-order chi connectivity index (χ0) is 17.2. The summed E-state index contributed by atoms with van der Waals surface area (Å²) in [4.78, 5) is 17.0. The van der Waals surface area contributed by atoms with Crippen LogP contribution in [0, 0.1) is 5.82 Å². The van der Waals surface area contributed by atoms with Crippen molar-refractivity contribution in [3.8, 4) is 10.7 Å². The summed E-state index contributed by atoms with van der Waals surface area (Å²) in [6.45, 7) is 1.14. The number of halogens is 1. The van der Waals surface area contributed by atoms with Crippen LogP contribution in [0.25, 0.3) is 10.7 Å². The van der Waals surface area contributed by atoms with Gasteiger partial charge in [-0.15, -0.1) is 21.5 Å². The summed E-state index contributed by atoms with van der Waals surface area (Å²) in [5.41, 5.74) is 0.373. The molecule has 1 aliphatic heterocycles. The van der Waals surface area contributed by atoms with Crippen LogP contribution >= 0.6 is 11.3 Å². The average Bonchev–Trinajstić information content (AvgIpc) is 3.36. The molecule has 1 amide bonds. The second-order valence-electron chi connectivity index (χ2n) is 5.95. The van der Waals surface area contributed by atoms with Gasteiger partial charge in [0, 0.05) is 12.1 Å².